The molecule has 0 radical (unpaired) electrons. The van der Waals surface area contributed by atoms with Crippen molar-refractivity contribution in [3.63, 3.8) is 0 Å². The molecule has 0 saturated heterocycles. The topological polar surface area (TPSA) is 28.7 Å². The third-order valence-electron chi connectivity index (χ3n) is 4.44. The van der Waals surface area contributed by atoms with Crippen LogP contribution in [-0.2, 0) is 5.41 Å². The molecule has 1 N–H and O–H groups in total. The van der Waals surface area contributed by atoms with E-state index in [0.29, 0.717) is 5.92 Å². The maximum atomic E-state index is 4.20. The van der Waals surface area contributed by atoms with Crippen LogP contribution < -0.4 is 0 Å². The van der Waals surface area contributed by atoms with Crippen molar-refractivity contribution in [2.75, 3.05) is 0 Å². The van der Waals surface area contributed by atoms with Gasteiger partial charge in [0, 0.05) is 17.3 Å². The summed E-state index contributed by atoms with van der Waals surface area (Å²) in [5.41, 5.74) is 4.75. The summed E-state index contributed by atoms with van der Waals surface area (Å²) >= 11 is 0. The van der Waals surface area contributed by atoms with Crippen molar-refractivity contribution in [1.82, 2.24) is 9.97 Å². The summed E-state index contributed by atoms with van der Waals surface area (Å²) in [5.74, 6) is 0.711. The van der Waals surface area contributed by atoms with Crippen molar-refractivity contribution >= 4 is 0 Å². The minimum Gasteiger partial charge on any atom is -0.348 e. The molecule has 2 aliphatic rings. The molecule has 1 fully saturated rings. The Morgan fingerprint density at radius 1 is 1.41 bits per heavy atom. The van der Waals surface area contributed by atoms with Gasteiger partial charge in [0.1, 0.15) is 0 Å². The second kappa shape index (κ2) is 3.86. The van der Waals surface area contributed by atoms with Gasteiger partial charge in [0.2, 0.25) is 0 Å². The minimum atomic E-state index is 0.276. The number of fused-ring (bicyclic) bond motifs is 1. The summed E-state index contributed by atoms with van der Waals surface area (Å²) in [6, 6.07) is 0. The Labute approximate surface area is 103 Å². The maximum Gasteiger partial charge on any atom is 0.0921 e. The van der Waals surface area contributed by atoms with E-state index in [0.717, 1.165) is 0 Å². The smallest absolute Gasteiger partial charge is 0.0921 e. The quantitative estimate of drug-likeness (QED) is 0.820. The number of imidazole rings is 1. The molecule has 2 nitrogen and oxygen atoms in total. The molecule has 3 rings (SSSR count). The lowest BCUT2D eigenvalue weighted by Gasteiger charge is -2.25. The standard InChI is InChI=1S/C15H20N2/c1-3-15(14-9-16-10-17-14)7-12-5-4-11(2)6-13(12)8-15/h5-6,9-11H,3-4,7-8H2,1-2H3,(H,16,17). The highest BCUT2D eigenvalue weighted by Crippen LogP contribution is 2.50. The average molecular weight is 228 g/mol. The van der Waals surface area contributed by atoms with Crippen LogP contribution in [0.3, 0.4) is 0 Å². The van der Waals surface area contributed by atoms with Crippen LogP contribution in [0, 0.1) is 5.92 Å². The zero-order chi connectivity index (χ0) is 11.9. The minimum absolute atomic E-state index is 0.276. The average Bonchev–Trinajstić information content (AvgIpc) is 2.95. The number of H-pyrrole nitrogens is 1. The van der Waals surface area contributed by atoms with Crippen LogP contribution in [0.4, 0.5) is 0 Å². The molecule has 0 aromatic carbocycles. The van der Waals surface area contributed by atoms with Gasteiger partial charge in [0.15, 0.2) is 0 Å². The first-order valence-electron chi connectivity index (χ1n) is 6.62. The monoisotopic (exact) mass is 228 g/mol. The highest BCUT2D eigenvalue weighted by molar-refractivity contribution is 5.45. The van der Waals surface area contributed by atoms with Crippen molar-refractivity contribution in [3.05, 3.63) is 41.5 Å². The first-order valence-corrected chi connectivity index (χ1v) is 6.62. The number of aromatic nitrogens is 2. The van der Waals surface area contributed by atoms with Gasteiger partial charge in [0.25, 0.3) is 0 Å². The number of aromatic amines is 1. The molecule has 0 bridgehead atoms. The largest absolute Gasteiger partial charge is 0.348 e. The first kappa shape index (κ1) is 10.8. The molecule has 2 atom stereocenters. The van der Waals surface area contributed by atoms with E-state index in [4.69, 9.17) is 0 Å². The number of allylic oxidation sites excluding steroid dienone is 4. The molecular weight excluding hydrogens is 208 g/mol. The lowest BCUT2D eigenvalue weighted by atomic mass is 9.80. The highest BCUT2D eigenvalue weighted by atomic mass is 14.9. The zero-order valence-corrected chi connectivity index (χ0v) is 10.7. The molecule has 2 heteroatoms. The predicted octanol–water partition coefficient (Wildman–Crippen LogP) is 3.74. The molecule has 2 unspecified atom stereocenters. The fourth-order valence-corrected chi connectivity index (χ4v) is 3.30. The normalized spacial score (nSPS) is 32.0. The van der Waals surface area contributed by atoms with Crippen molar-refractivity contribution in [3.8, 4) is 0 Å². The van der Waals surface area contributed by atoms with Crippen LogP contribution in [-0.4, -0.2) is 9.97 Å². The molecular formula is C15H20N2. The van der Waals surface area contributed by atoms with Gasteiger partial charge >= 0.3 is 0 Å². The van der Waals surface area contributed by atoms with Gasteiger partial charge in [-0.2, -0.15) is 0 Å². The van der Waals surface area contributed by atoms with Crippen LogP contribution in [0.15, 0.2) is 35.8 Å². The summed E-state index contributed by atoms with van der Waals surface area (Å²) in [6.45, 7) is 4.60. The van der Waals surface area contributed by atoms with Gasteiger partial charge in [0.05, 0.1) is 6.33 Å². The van der Waals surface area contributed by atoms with Crippen molar-refractivity contribution in [2.45, 2.75) is 44.9 Å². The lowest BCUT2D eigenvalue weighted by Crippen LogP contribution is -2.21. The van der Waals surface area contributed by atoms with E-state index in [2.05, 4.69) is 36.0 Å². The molecule has 0 amide bonds. The van der Waals surface area contributed by atoms with Crippen LogP contribution in [0.1, 0.15) is 45.2 Å². The van der Waals surface area contributed by atoms with Crippen molar-refractivity contribution < 1.29 is 0 Å². The molecule has 1 aromatic rings. The maximum absolute atomic E-state index is 4.20. The summed E-state index contributed by atoms with van der Waals surface area (Å²) in [7, 11) is 0. The molecule has 1 heterocycles. The van der Waals surface area contributed by atoms with E-state index in [1.54, 1.807) is 17.5 Å². The molecule has 17 heavy (non-hydrogen) atoms. The molecule has 1 aromatic heterocycles. The van der Waals surface area contributed by atoms with E-state index < -0.39 is 0 Å². The van der Waals surface area contributed by atoms with E-state index >= 15 is 0 Å². The van der Waals surface area contributed by atoms with Crippen LogP contribution in [0.2, 0.25) is 0 Å². The number of nitrogens with zero attached hydrogens (tertiary/aromatic N) is 1. The van der Waals surface area contributed by atoms with Gasteiger partial charge in [-0.15, -0.1) is 0 Å². The Hall–Kier alpha value is -1.31. The molecule has 0 spiro atoms. The Balaban J connectivity index is 1.98. The number of hydrogen-bond donors (Lipinski definition) is 1. The third-order valence-corrected chi connectivity index (χ3v) is 4.44. The number of rotatable bonds is 2. The molecule has 1 saturated carbocycles. The third kappa shape index (κ3) is 1.67. The second-order valence-electron chi connectivity index (χ2n) is 5.59. The summed E-state index contributed by atoms with van der Waals surface area (Å²) in [5, 5.41) is 0. The van der Waals surface area contributed by atoms with Crippen LogP contribution in [0.25, 0.3) is 0 Å². The number of hydrogen-bond acceptors (Lipinski definition) is 1. The summed E-state index contributed by atoms with van der Waals surface area (Å²) in [6.07, 6.45) is 13.5. The van der Waals surface area contributed by atoms with E-state index in [1.807, 2.05) is 6.20 Å². The SMILES string of the molecule is CCC1(c2cnc[nH]2)CC2=CCC(C)C=C2C1. The van der Waals surface area contributed by atoms with Gasteiger partial charge in [-0.1, -0.05) is 26.0 Å². The summed E-state index contributed by atoms with van der Waals surface area (Å²) in [4.78, 5) is 7.52. The van der Waals surface area contributed by atoms with Crippen molar-refractivity contribution in [1.29, 1.82) is 0 Å². The zero-order valence-electron chi connectivity index (χ0n) is 10.7. The van der Waals surface area contributed by atoms with Crippen molar-refractivity contribution in [2.24, 2.45) is 5.92 Å². The van der Waals surface area contributed by atoms with E-state index in [9.17, 15) is 0 Å². The van der Waals surface area contributed by atoms with Gasteiger partial charge < -0.3 is 4.98 Å². The Bertz CT molecular complexity index is 467. The Morgan fingerprint density at radius 2 is 2.24 bits per heavy atom. The Morgan fingerprint density at radius 3 is 2.94 bits per heavy atom. The Kier molecular flexibility index (Phi) is 2.46. The fourth-order valence-electron chi connectivity index (χ4n) is 3.30. The fraction of sp³-hybridized carbons (Fsp3) is 0.533. The number of nitrogens with one attached hydrogen (secondary N) is 1. The van der Waals surface area contributed by atoms with Gasteiger partial charge in [-0.25, -0.2) is 4.98 Å². The lowest BCUT2D eigenvalue weighted by molar-refractivity contribution is 0.432. The summed E-state index contributed by atoms with van der Waals surface area (Å²) < 4.78 is 0. The van der Waals surface area contributed by atoms with Gasteiger partial charge in [-0.05, 0) is 42.7 Å². The molecule has 0 aliphatic heterocycles. The van der Waals surface area contributed by atoms with E-state index in [1.165, 1.54) is 31.4 Å². The molecule has 90 valence electrons. The van der Waals surface area contributed by atoms with Crippen LogP contribution >= 0.6 is 0 Å². The molecule has 2 aliphatic carbocycles. The van der Waals surface area contributed by atoms with Gasteiger partial charge in [-0.3, -0.25) is 0 Å². The first-order chi connectivity index (χ1) is 8.23. The van der Waals surface area contributed by atoms with Crippen LogP contribution in [0.5, 0.6) is 0 Å². The van der Waals surface area contributed by atoms with E-state index in [-0.39, 0.29) is 5.41 Å². The predicted molar refractivity (Wildman–Crippen MR) is 69.7 cm³/mol. The second-order valence-corrected chi connectivity index (χ2v) is 5.59. The highest BCUT2D eigenvalue weighted by Gasteiger charge is 2.40.